The van der Waals surface area contributed by atoms with E-state index in [2.05, 4.69) is 10.6 Å². The van der Waals surface area contributed by atoms with Crippen molar-refractivity contribution in [3.63, 3.8) is 0 Å². The van der Waals surface area contributed by atoms with Gasteiger partial charge in [-0.2, -0.15) is 0 Å². The minimum absolute atomic E-state index is 0.0275. The first-order chi connectivity index (χ1) is 18.4. The van der Waals surface area contributed by atoms with E-state index in [0.29, 0.717) is 41.4 Å². The molecule has 8 nitrogen and oxygen atoms in total. The number of ether oxygens (including phenoxy) is 4. The Labute approximate surface area is 221 Å². The number of allylic oxidation sites excluding steroid dienone is 1. The fourth-order valence-corrected chi connectivity index (χ4v) is 5.19. The summed E-state index contributed by atoms with van der Waals surface area (Å²) in [5.41, 5.74) is 5.16. The highest BCUT2D eigenvalue weighted by Gasteiger charge is 2.36. The highest BCUT2D eigenvalue weighted by molar-refractivity contribution is 6.01. The van der Waals surface area contributed by atoms with Crippen molar-refractivity contribution in [2.45, 2.75) is 31.7 Å². The summed E-state index contributed by atoms with van der Waals surface area (Å²) < 4.78 is 21.7. The van der Waals surface area contributed by atoms with Crippen molar-refractivity contribution in [3.05, 3.63) is 83.1 Å². The number of hydrogen-bond acceptors (Lipinski definition) is 8. The van der Waals surface area contributed by atoms with E-state index >= 15 is 0 Å². The van der Waals surface area contributed by atoms with E-state index in [9.17, 15) is 9.59 Å². The first-order valence-electron chi connectivity index (χ1n) is 12.4. The van der Waals surface area contributed by atoms with Crippen LogP contribution < -0.4 is 29.6 Å². The van der Waals surface area contributed by atoms with E-state index in [0.717, 1.165) is 28.2 Å². The lowest BCUT2D eigenvalue weighted by Crippen LogP contribution is -2.27. The Kier molecular flexibility index (Phi) is 6.96. The lowest BCUT2D eigenvalue weighted by Gasteiger charge is -2.30. The number of hydrogen-bond donors (Lipinski definition) is 2. The van der Waals surface area contributed by atoms with Crippen LogP contribution in [-0.4, -0.2) is 33.1 Å². The van der Waals surface area contributed by atoms with Crippen LogP contribution in [0.5, 0.6) is 23.0 Å². The van der Waals surface area contributed by atoms with Gasteiger partial charge in [0.05, 0.1) is 38.7 Å². The largest absolute Gasteiger partial charge is 0.493 e. The molecule has 0 spiro atoms. The second-order valence-electron chi connectivity index (χ2n) is 9.29. The monoisotopic (exact) mass is 514 g/mol. The van der Waals surface area contributed by atoms with Crippen molar-refractivity contribution in [2.75, 3.05) is 32.0 Å². The number of nitrogens with one attached hydrogen (secondary N) is 2. The molecule has 0 radical (unpaired) electrons. The minimum Gasteiger partial charge on any atom is -0.493 e. The third kappa shape index (κ3) is 4.77. The Morgan fingerprint density at radius 1 is 0.789 bits per heavy atom. The van der Waals surface area contributed by atoms with Gasteiger partial charge in [0.2, 0.25) is 0 Å². The van der Waals surface area contributed by atoms with Gasteiger partial charge in [-0.15, -0.1) is 0 Å². The fourth-order valence-electron chi connectivity index (χ4n) is 5.19. The van der Waals surface area contributed by atoms with Crippen molar-refractivity contribution in [2.24, 2.45) is 0 Å². The quantitative estimate of drug-likeness (QED) is 0.323. The summed E-state index contributed by atoms with van der Waals surface area (Å²) in [6.45, 7) is 1.34. The first-order valence-corrected chi connectivity index (χ1v) is 12.4. The Bertz CT molecular complexity index is 1430. The molecule has 0 amide bonds. The van der Waals surface area contributed by atoms with E-state index in [4.69, 9.17) is 18.9 Å². The summed E-state index contributed by atoms with van der Waals surface area (Å²) in [5, 5.41) is 7.11. The molecule has 0 saturated heterocycles. The number of anilines is 2. The van der Waals surface area contributed by atoms with E-state index in [1.807, 2.05) is 54.6 Å². The van der Waals surface area contributed by atoms with Crippen molar-refractivity contribution >= 4 is 23.1 Å². The van der Waals surface area contributed by atoms with Crippen LogP contribution in [0.3, 0.4) is 0 Å². The molecule has 1 heterocycles. The van der Waals surface area contributed by atoms with E-state index < -0.39 is 12.0 Å². The number of carbonyl (C=O) groups is 2. The van der Waals surface area contributed by atoms with Crippen molar-refractivity contribution in [1.82, 2.24) is 0 Å². The smallest absolute Gasteiger partial charge is 0.308 e. The summed E-state index contributed by atoms with van der Waals surface area (Å²) in [4.78, 5) is 25.4. The maximum absolute atomic E-state index is 13.8. The Hall–Kier alpha value is -4.46. The van der Waals surface area contributed by atoms with Gasteiger partial charge in [-0.1, -0.05) is 24.3 Å². The van der Waals surface area contributed by atoms with E-state index in [-0.39, 0.29) is 11.7 Å². The third-order valence-electron chi connectivity index (χ3n) is 6.96. The normalized spacial score (nSPS) is 18.3. The number of methoxy groups -OCH3 is 3. The van der Waals surface area contributed by atoms with Crippen molar-refractivity contribution in [3.8, 4) is 23.0 Å². The van der Waals surface area contributed by atoms with Gasteiger partial charge in [-0.05, 0) is 59.9 Å². The molecule has 1 aliphatic carbocycles. The van der Waals surface area contributed by atoms with Gasteiger partial charge in [-0.3, -0.25) is 9.59 Å². The molecule has 3 aromatic rings. The van der Waals surface area contributed by atoms with Crippen LogP contribution in [0.1, 0.15) is 42.9 Å². The lowest BCUT2D eigenvalue weighted by atomic mass is 9.78. The molecule has 0 saturated carbocycles. The average molecular weight is 515 g/mol. The topological polar surface area (TPSA) is 95.1 Å². The van der Waals surface area contributed by atoms with Gasteiger partial charge in [0.25, 0.3) is 0 Å². The number of rotatable bonds is 6. The Morgan fingerprint density at radius 3 is 2.13 bits per heavy atom. The molecule has 1 aliphatic heterocycles. The summed E-state index contributed by atoms with van der Waals surface area (Å²) in [6, 6.07) is 18.6. The number of fused-ring (bicyclic) bond motifs is 1. The second kappa shape index (κ2) is 10.5. The summed E-state index contributed by atoms with van der Waals surface area (Å²) in [6.07, 6.45) is 0.999. The molecule has 38 heavy (non-hydrogen) atoms. The van der Waals surface area contributed by atoms with Gasteiger partial charge in [-0.25, -0.2) is 0 Å². The van der Waals surface area contributed by atoms with Gasteiger partial charge < -0.3 is 29.6 Å². The number of Topliss-reactive ketones (excluding diaryl/α,β-unsaturated/α-hetero) is 1. The molecule has 0 fully saturated rings. The number of esters is 1. The average Bonchev–Trinajstić information content (AvgIpc) is 3.09. The van der Waals surface area contributed by atoms with Gasteiger partial charge in [0.15, 0.2) is 28.8 Å². The number of benzene rings is 3. The summed E-state index contributed by atoms with van der Waals surface area (Å²) in [7, 11) is 4.73. The zero-order chi connectivity index (χ0) is 26.8. The van der Waals surface area contributed by atoms with Gasteiger partial charge >= 0.3 is 5.97 Å². The second-order valence-corrected chi connectivity index (χ2v) is 9.29. The molecule has 2 atom stereocenters. The Balaban J connectivity index is 1.58. The summed E-state index contributed by atoms with van der Waals surface area (Å²) >= 11 is 0. The molecule has 0 aromatic heterocycles. The van der Waals surface area contributed by atoms with Crippen LogP contribution in [0.25, 0.3) is 0 Å². The third-order valence-corrected chi connectivity index (χ3v) is 6.96. The van der Waals surface area contributed by atoms with E-state index in [1.165, 1.54) is 14.0 Å². The molecular weight excluding hydrogens is 484 g/mol. The number of para-hydroxylation sites is 2. The predicted octanol–water partition coefficient (Wildman–Crippen LogP) is 5.62. The van der Waals surface area contributed by atoms with E-state index in [1.54, 1.807) is 20.3 Å². The molecule has 0 bridgehead atoms. The maximum atomic E-state index is 13.8. The van der Waals surface area contributed by atoms with Gasteiger partial charge in [0.1, 0.15) is 0 Å². The van der Waals surface area contributed by atoms with Crippen LogP contribution in [0.2, 0.25) is 0 Å². The molecule has 5 rings (SSSR count). The fraction of sp³-hybridized carbons (Fsp3) is 0.267. The highest BCUT2D eigenvalue weighted by atomic mass is 16.6. The van der Waals surface area contributed by atoms with Crippen LogP contribution in [0, 0.1) is 0 Å². The zero-order valence-corrected chi connectivity index (χ0v) is 21.8. The molecular formula is C30H30N2O6. The number of carbonyl (C=O) groups excluding carboxylic acids is 2. The standard InChI is InChI=1S/C30H30N2O6/c1-17(33)38-26-12-10-19(16-28(26)37-4)30-29-23(31-21-7-5-6-8-22(21)32-30)13-20(14-24(29)34)18-9-11-25(35-2)27(15-18)36-3/h5-12,15-16,20,30-32H,13-14H2,1-4H3/t20-,30+/m1/s1. The Morgan fingerprint density at radius 2 is 1.42 bits per heavy atom. The lowest BCUT2D eigenvalue weighted by molar-refractivity contribution is -0.132. The van der Waals surface area contributed by atoms with Crippen LogP contribution in [-0.2, 0) is 9.59 Å². The molecule has 3 aromatic carbocycles. The molecule has 0 unspecified atom stereocenters. The molecule has 8 heteroatoms. The first kappa shape index (κ1) is 25.2. The van der Waals surface area contributed by atoms with Crippen LogP contribution in [0.4, 0.5) is 11.4 Å². The van der Waals surface area contributed by atoms with Crippen molar-refractivity contribution in [1.29, 1.82) is 0 Å². The number of ketones is 1. The zero-order valence-electron chi connectivity index (χ0n) is 21.8. The van der Waals surface area contributed by atoms with Gasteiger partial charge in [0, 0.05) is 24.6 Å². The predicted molar refractivity (Wildman–Crippen MR) is 144 cm³/mol. The maximum Gasteiger partial charge on any atom is 0.308 e. The highest BCUT2D eigenvalue weighted by Crippen LogP contribution is 2.46. The van der Waals surface area contributed by atoms with Crippen LogP contribution in [0.15, 0.2) is 71.9 Å². The SMILES string of the molecule is COc1ccc([C@H]2CC(=O)C3=C(C2)Nc2ccccc2N[C@H]3c2ccc(OC(C)=O)c(OC)c2)cc1OC. The summed E-state index contributed by atoms with van der Waals surface area (Å²) in [5.74, 6) is 1.61. The molecule has 2 N–H and O–H groups in total. The minimum atomic E-state index is -0.435. The van der Waals surface area contributed by atoms with Crippen molar-refractivity contribution < 1.29 is 28.5 Å². The van der Waals surface area contributed by atoms with Crippen LogP contribution >= 0.6 is 0 Å². The molecule has 196 valence electrons. The molecule has 2 aliphatic rings.